The van der Waals surface area contributed by atoms with E-state index in [9.17, 15) is 18.0 Å². The van der Waals surface area contributed by atoms with Gasteiger partial charge in [0, 0.05) is 38.1 Å². The minimum absolute atomic E-state index is 0.0189. The largest absolute Gasteiger partial charge is 0.347 e. The number of nitrogens with zero attached hydrogens (tertiary/aromatic N) is 2. The third-order valence-corrected chi connectivity index (χ3v) is 5.28. The molecule has 1 aromatic heterocycles. The first kappa shape index (κ1) is 18.6. The molecule has 24 heavy (non-hydrogen) atoms. The zero-order chi connectivity index (χ0) is 17.9. The number of nitrogens with one attached hydrogen (secondary N) is 2. The van der Waals surface area contributed by atoms with Crippen LogP contribution in [0.25, 0.3) is 0 Å². The van der Waals surface area contributed by atoms with E-state index < -0.39 is 21.3 Å². The van der Waals surface area contributed by atoms with Gasteiger partial charge >= 0.3 is 0 Å². The third-order valence-electron chi connectivity index (χ3n) is 4.35. The predicted molar refractivity (Wildman–Crippen MR) is 90.6 cm³/mol. The van der Waals surface area contributed by atoms with Crippen LogP contribution in [0.3, 0.4) is 0 Å². The molecular weight excluding hydrogens is 332 g/mol. The molecule has 2 rings (SSSR count). The molecular formula is C15H24N4O4S. The lowest BCUT2D eigenvalue weighted by Crippen LogP contribution is -2.43. The number of hydrogen-bond donors (Lipinski definition) is 2. The standard InChI is InChI=1S/C15H24N4O4S/c1-10(2)12-7-19(4-5-24(3,22)23)8-13(12)18-15(21)11-6-16-9-17-14(11)20/h6,9-10,12-13H,4-5,7-8H2,1-3H3,(H,18,21)(H,16,17,20)/t12-,13+/m0/s1. The maximum absolute atomic E-state index is 12.3. The average molecular weight is 356 g/mol. The molecule has 0 bridgehead atoms. The maximum atomic E-state index is 12.3. The van der Waals surface area contributed by atoms with Gasteiger partial charge in [-0.15, -0.1) is 0 Å². The highest BCUT2D eigenvalue weighted by Crippen LogP contribution is 2.24. The first-order valence-electron chi connectivity index (χ1n) is 7.91. The van der Waals surface area contributed by atoms with Crippen LogP contribution in [-0.2, 0) is 9.84 Å². The number of H-pyrrole nitrogens is 1. The molecule has 1 aliphatic rings. The van der Waals surface area contributed by atoms with Crippen LogP contribution in [0.4, 0.5) is 0 Å². The van der Waals surface area contributed by atoms with Crippen molar-refractivity contribution in [2.45, 2.75) is 19.9 Å². The van der Waals surface area contributed by atoms with Crippen molar-refractivity contribution >= 4 is 15.7 Å². The van der Waals surface area contributed by atoms with Gasteiger partial charge in [0.2, 0.25) is 0 Å². The molecule has 1 aromatic rings. The molecule has 134 valence electrons. The van der Waals surface area contributed by atoms with Crippen molar-refractivity contribution < 1.29 is 13.2 Å². The van der Waals surface area contributed by atoms with Crippen LogP contribution in [0.2, 0.25) is 0 Å². The van der Waals surface area contributed by atoms with Crippen molar-refractivity contribution in [2.75, 3.05) is 31.6 Å². The molecule has 1 saturated heterocycles. The van der Waals surface area contributed by atoms with Gasteiger partial charge in [-0.2, -0.15) is 0 Å². The lowest BCUT2D eigenvalue weighted by Gasteiger charge is -2.22. The number of aromatic amines is 1. The Hall–Kier alpha value is -1.74. The van der Waals surface area contributed by atoms with Gasteiger partial charge in [0.15, 0.2) is 0 Å². The average Bonchev–Trinajstić information content (AvgIpc) is 2.88. The Kier molecular flexibility index (Phi) is 5.76. The number of amides is 1. The lowest BCUT2D eigenvalue weighted by atomic mass is 9.91. The topological polar surface area (TPSA) is 112 Å². The van der Waals surface area contributed by atoms with Gasteiger partial charge < -0.3 is 10.3 Å². The van der Waals surface area contributed by atoms with Crippen LogP contribution in [0.5, 0.6) is 0 Å². The fraction of sp³-hybridized carbons (Fsp3) is 0.667. The summed E-state index contributed by atoms with van der Waals surface area (Å²) in [5.41, 5.74) is -0.495. The summed E-state index contributed by atoms with van der Waals surface area (Å²) in [5.74, 6) is 0.167. The van der Waals surface area contributed by atoms with E-state index in [2.05, 4.69) is 29.1 Å². The van der Waals surface area contributed by atoms with Crippen LogP contribution >= 0.6 is 0 Å². The minimum Gasteiger partial charge on any atom is -0.347 e. The van der Waals surface area contributed by atoms with E-state index in [1.807, 2.05) is 4.90 Å². The molecule has 0 aromatic carbocycles. The number of carbonyl (C=O) groups excluding carboxylic acids is 1. The maximum Gasteiger partial charge on any atom is 0.263 e. The smallest absolute Gasteiger partial charge is 0.263 e. The number of aromatic nitrogens is 2. The van der Waals surface area contributed by atoms with Gasteiger partial charge in [-0.1, -0.05) is 13.8 Å². The number of sulfone groups is 1. The molecule has 2 N–H and O–H groups in total. The van der Waals surface area contributed by atoms with Gasteiger partial charge in [-0.3, -0.25) is 14.5 Å². The Morgan fingerprint density at radius 3 is 2.75 bits per heavy atom. The Bertz CT molecular complexity index is 744. The molecule has 9 heteroatoms. The monoisotopic (exact) mass is 356 g/mol. The minimum atomic E-state index is -3.02. The summed E-state index contributed by atoms with van der Waals surface area (Å²) in [5, 5.41) is 2.90. The summed E-state index contributed by atoms with van der Waals surface area (Å²) in [6, 6.07) is -0.128. The second-order valence-electron chi connectivity index (χ2n) is 6.67. The molecule has 1 amide bonds. The van der Waals surface area contributed by atoms with Crippen molar-refractivity contribution in [3.8, 4) is 0 Å². The third kappa shape index (κ3) is 4.88. The normalized spacial score (nSPS) is 22.0. The highest BCUT2D eigenvalue weighted by molar-refractivity contribution is 7.90. The molecule has 1 aliphatic heterocycles. The molecule has 0 aliphatic carbocycles. The summed E-state index contributed by atoms with van der Waals surface area (Å²) in [6.07, 6.45) is 3.70. The number of hydrogen-bond acceptors (Lipinski definition) is 6. The predicted octanol–water partition coefficient (Wildman–Crippen LogP) is -0.499. The molecule has 8 nitrogen and oxygen atoms in total. The molecule has 2 atom stereocenters. The van der Waals surface area contributed by atoms with Crippen molar-refractivity contribution in [1.82, 2.24) is 20.2 Å². The Labute approximate surface area is 141 Å². The Balaban J connectivity index is 2.06. The molecule has 2 heterocycles. The Morgan fingerprint density at radius 1 is 1.46 bits per heavy atom. The quantitative estimate of drug-likeness (QED) is 0.711. The van der Waals surface area contributed by atoms with E-state index in [-0.39, 0.29) is 23.3 Å². The van der Waals surface area contributed by atoms with Gasteiger partial charge in [0.1, 0.15) is 15.4 Å². The highest BCUT2D eigenvalue weighted by atomic mass is 32.2. The Morgan fingerprint density at radius 2 is 2.17 bits per heavy atom. The van der Waals surface area contributed by atoms with Crippen LogP contribution in [0, 0.1) is 11.8 Å². The fourth-order valence-electron chi connectivity index (χ4n) is 2.97. The van der Waals surface area contributed by atoms with Gasteiger partial charge in [0.25, 0.3) is 11.5 Å². The van der Waals surface area contributed by atoms with Gasteiger partial charge in [-0.05, 0) is 11.8 Å². The molecule has 0 unspecified atom stereocenters. The second kappa shape index (κ2) is 7.43. The zero-order valence-electron chi connectivity index (χ0n) is 14.2. The SMILES string of the molecule is CC(C)[C@@H]1CN(CCS(C)(=O)=O)C[C@H]1NC(=O)c1cnc[nH]c1=O. The van der Waals surface area contributed by atoms with Crippen LogP contribution in [0.1, 0.15) is 24.2 Å². The first-order chi connectivity index (χ1) is 11.2. The van der Waals surface area contributed by atoms with Crippen LogP contribution in [-0.4, -0.2) is 66.9 Å². The number of rotatable bonds is 6. The van der Waals surface area contributed by atoms with Crippen LogP contribution in [0.15, 0.2) is 17.3 Å². The fourth-order valence-corrected chi connectivity index (χ4v) is 3.56. The van der Waals surface area contributed by atoms with Crippen molar-refractivity contribution in [2.24, 2.45) is 11.8 Å². The van der Waals surface area contributed by atoms with E-state index in [0.29, 0.717) is 19.0 Å². The highest BCUT2D eigenvalue weighted by Gasteiger charge is 2.36. The van der Waals surface area contributed by atoms with Gasteiger partial charge in [0.05, 0.1) is 12.1 Å². The number of likely N-dealkylation sites (tertiary alicyclic amines) is 1. The molecule has 1 fully saturated rings. The lowest BCUT2D eigenvalue weighted by molar-refractivity contribution is 0.0923. The van der Waals surface area contributed by atoms with Crippen molar-refractivity contribution in [1.29, 1.82) is 0 Å². The molecule has 0 radical (unpaired) electrons. The van der Waals surface area contributed by atoms with Crippen molar-refractivity contribution in [3.05, 3.63) is 28.4 Å². The zero-order valence-corrected chi connectivity index (χ0v) is 15.0. The molecule has 0 saturated carbocycles. The number of carbonyl (C=O) groups is 1. The van der Waals surface area contributed by atoms with E-state index in [1.165, 1.54) is 18.8 Å². The summed E-state index contributed by atoms with van der Waals surface area (Å²) in [6.45, 7) is 5.88. The van der Waals surface area contributed by atoms with E-state index in [4.69, 9.17) is 0 Å². The van der Waals surface area contributed by atoms with E-state index in [0.717, 1.165) is 6.54 Å². The van der Waals surface area contributed by atoms with Crippen LogP contribution < -0.4 is 10.9 Å². The summed E-state index contributed by atoms with van der Waals surface area (Å²) < 4.78 is 22.7. The summed E-state index contributed by atoms with van der Waals surface area (Å²) in [7, 11) is -3.02. The molecule has 0 spiro atoms. The van der Waals surface area contributed by atoms with E-state index in [1.54, 1.807) is 0 Å². The van der Waals surface area contributed by atoms with E-state index >= 15 is 0 Å². The summed E-state index contributed by atoms with van der Waals surface area (Å²) >= 11 is 0. The first-order valence-corrected chi connectivity index (χ1v) is 9.97. The van der Waals surface area contributed by atoms with Gasteiger partial charge in [-0.25, -0.2) is 13.4 Å². The second-order valence-corrected chi connectivity index (χ2v) is 8.93. The summed E-state index contributed by atoms with van der Waals surface area (Å²) in [4.78, 5) is 32.2. The van der Waals surface area contributed by atoms with Crippen molar-refractivity contribution in [3.63, 3.8) is 0 Å².